The number of carbonyl (C=O) groups is 1. The average molecular weight is 315 g/mol. The summed E-state index contributed by atoms with van der Waals surface area (Å²) in [5, 5.41) is 7.25. The van der Waals surface area contributed by atoms with Crippen molar-refractivity contribution in [1.29, 1.82) is 0 Å². The van der Waals surface area contributed by atoms with Gasteiger partial charge in [-0.15, -0.1) is 0 Å². The molecule has 1 amide bonds. The van der Waals surface area contributed by atoms with E-state index in [1.165, 1.54) is 0 Å². The minimum atomic E-state index is -0.481. The van der Waals surface area contributed by atoms with Crippen molar-refractivity contribution in [1.82, 2.24) is 5.32 Å². The second-order valence-electron chi connectivity index (χ2n) is 5.37. The normalized spacial score (nSPS) is 22.0. The molecule has 0 spiro atoms. The van der Waals surface area contributed by atoms with Gasteiger partial charge in [0.1, 0.15) is 0 Å². The molecule has 0 aromatic heterocycles. The largest absolute Gasteiger partial charge is 0.322 e. The van der Waals surface area contributed by atoms with Crippen molar-refractivity contribution in [3.05, 3.63) is 27.7 Å². The number of hydrogen-bond acceptors (Lipinski definition) is 2. The van der Waals surface area contributed by atoms with Crippen LogP contribution in [0.3, 0.4) is 0 Å². The Hall–Kier alpha value is -0.770. The molecule has 20 heavy (non-hydrogen) atoms. The van der Waals surface area contributed by atoms with Crippen LogP contribution in [0, 0.1) is 6.92 Å². The highest BCUT2D eigenvalue weighted by Crippen LogP contribution is 2.35. The third-order valence-electron chi connectivity index (χ3n) is 3.88. The number of aryl methyl sites for hydroxylation is 1. The second kappa shape index (κ2) is 6.33. The Balaban J connectivity index is 2.25. The Bertz CT molecular complexity index is 511. The van der Waals surface area contributed by atoms with Crippen LogP contribution >= 0.6 is 23.2 Å². The quantitative estimate of drug-likeness (QED) is 0.876. The molecule has 5 heteroatoms. The molecule has 110 valence electrons. The Morgan fingerprint density at radius 3 is 2.80 bits per heavy atom. The fourth-order valence-corrected chi connectivity index (χ4v) is 3.22. The third-order valence-corrected chi connectivity index (χ3v) is 4.68. The van der Waals surface area contributed by atoms with E-state index in [2.05, 4.69) is 17.6 Å². The molecule has 2 N–H and O–H groups in total. The zero-order chi connectivity index (χ0) is 14.8. The van der Waals surface area contributed by atoms with Gasteiger partial charge in [-0.05, 0) is 44.4 Å². The van der Waals surface area contributed by atoms with Gasteiger partial charge in [-0.2, -0.15) is 0 Å². The van der Waals surface area contributed by atoms with Crippen molar-refractivity contribution in [2.75, 3.05) is 11.9 Å². The maximum atomic E-state index is 12.7. The average Bonchev–Trinajstić information content (AvgIpc) is 2.89. The summed E-state index contributed by atoms with van der Waals surface area (Å²) in [6.45, 7) is 4.86. The number of carbonyl (C=O) groups excluding carboxylic acids is 1. The highest BCUT2D eigenvalue weighted by Gasteiger charge is 2.40. The molecular weight excluding hydrogens is 295 g/mol. The molecule has 1 aliphatic rings. The van der Waals surface area contributed by atoms with Crippen molar-refractivity contribution in [2.45, 2.75) is 45.1 Å². The lowest BCUT2D eigenvalue weighted by Gasteiger charge is -2.28. The Morgan fingerprint density at radius 1 is 1.45 bits per heavy atom. The third kappa shape index (κ3) is 2.95. The summed E-state index contributed by atoms with van der Waals surface area (Å²) in [5.74, 6) is -0.0359. The van der Waals surface area contributed by atoms with Crippen molar-refractivity contribution < 1.29 is 4.79 Å². The molecule has 1 fully saturated rings. The van der Waals surface area contributed by atoms with Gasteiger partial charge in [-0.3, -0.25) is 4.79 Å². The van der Waals surface area contributed by atoms with Gasteiger partial charge in [0.2, 0.25) is 5.91 Å². The molecule has 1 aliphatic heterocycles. The van der Waals surface area contributed by atoms with Crippen molar-refractivity contribution in [2.24, 2.45) is 0 Å². The number of benzene rings is 1. The van der Waals surface area contributed by atoms with Crippen LogP contribution in [0.15, 0.2) is 12.1 Å². The number of hydrogen-bond donors (Lipinski definition) is 2. The van der Waals surface area contributed by atoms with E-state index in [-0.39, 0.29) is 5.91 Å². The Kier molecular flexibility index (Phi) is 4.95. The van der Waals surface area contributed by atoms with E-state index in [0.29, 0.717) is 15.7 Å². The van der Waals surface area contributed by atoms with E-state index >= 15 is 0 Å². The first-order valence-corrected chi connectivity index (χ1v) is 7.77. The molecule has 3 nitrogen and oxygen atoms in total. The van der Waals surface area contributed by atoms with Gasteiger partial charge >= 0.3 is 0 Å². The molecule has 1 aromatic carbocycles. The summed E-state index contributed by atoms with van der Waals surface area (Å²) in [6, 6.07) is 3.60. The number of halogens is 2. The Morgan fingerprint density at radius 2 is 2.20 bits per heavy atom. The number of amides is 1. The number of rotatable bonds is 4. The van der Waals surface area contributed by atoms with E-state index in [4.69, 9.17) is 23.2 Å². The van der Waals surface area contributed by atoms with Crippen molar-refractivity contribution in [3.63, 3.8) is 0 Å². The highest BCUT2D eigenvalue weighted by molar-refractivity contribution is 6.40. The predicted molar refractivity (Wildman–Crippen MR) is 84.7 cm³/mol. The first-order valence-electron chi connectivity index (χ1n) is 7.01. The molecular formula is C15H20Cl2N2O. The van der Waals surface area contributed by atoms with Crippen LogP contribution in [0.2, 0.25) is 10.0 Å². The predicted octanol–water partition coefficient (Wildman–Crippen LogP) is 4.16. The summed E-state index contributed by atoms with van der Waals surface area (Å²) in [6.07, 6.45) is 3.64. The standard InChI is InChI=1S/C15H20Cl2N2O/c1-3-7-15(8-4-9-18-15)14(20)19-13-11(16)6-5-10(2)12(13)17/h5-6,18H,3-4,7-9H2,1-2H3,(H,19,20). The van der Waals surface area contributed by atoms with Crippen LogP contribution < -0.4 is 10.6 Å². The summed E-state index contributed by atoms with van der Waals surface area (Å²) in [5.41, 5.74) is 0.934. The van der Waals surface area contributed by atoms with Crippen LogP contribution in [0.4, 0.5) is 5.69 Å². The highest BCUT2D eigenvalue weighted by atomic mass is 35.5. The first-order chi connectivity index (χ1) is 9.50. The lowest BCUT2D eigenvalue weighted by molar-refractivity contribution is -0.122. The van der Waals surface area contributed by atoms with Crippen molar-refractivity contribution >= 4 is 34.8 Å². The molecule has 0 aliphatic carbocycles. The van der Waals surface area contributed by atoms with Crippen LogP contribution in [0.25, 0.3) is 0 Å². The maximum Gasteiger partial charge on any atom is 0.244 e. The van der Waals surface area contributed by atoms with Gasteiger partial charge in [0.15, 0.2) is 0 Å². The zero-order valence-electron chi connectivity index (χ0n) is 11.9. The van der Waals surface area contributed by atoms with E-state index in [1.807, 2.05) is 13.0 Å². The second-order valence-corrected chi connectivity index (χ2v) is 6.15. The van der Waals surface area contributed by atoms with Crippen LogP contribution in [0.1, 0.15) is 38.2 Å². The van der Waals surface area contributed by atoms with Gasteiger partial charge in [0.25, 0.3) is 0 Å². The first kappa shape index (κ1) is 15.6. The molecule has 1 unspecified atom stereocenters. The van der Waals surface area contributed by atoms with E-state index < -0.39 is 5.54 Å². The molecule has 1 atom stereocenters. The van der Waals surface area contributed by atoms with E-state index in [1.54, 1.807) is 6.07 Å². The molecule has 0 radical (unpaired) electrons. The molecule has 0 bridgehead atoms. The molecule has 0 saturated carbocycles. The summed E-state index contributed by atoms with van der Waals surface area (Å²) in [4.78, 5) is 12.7. The summed E-state index contributed by atoms with van der Waals surface area (Å²) < 4.78 is 0. The number of nitrogens with one attached hydrogen (secondary N) is 2. The monoisotopic (exact) mass is 314 g/mol. The summed E-state index contributed by atoms with van der Waals surface area (Å²) in [7, 11) is 0. The van der Waals surface area contributed by atoms with E-state index in [9.17, 15) is 4.79 Å². The molecule has 2 rings (SSSR count). The minimum Gasteiger partial charge on any atom is -0.322 e. The van der Waals surface area contributed by atoms with Crippen LogP contribution in [0.5, 0.6) is 0 Å². The van der Waals surface area contributed by atoms with Crippen molar-refractivity contribution in [3.8, 4) is 0 Å². The van der Waals surface area contributed by atoms with Gasteiger partial charge in [0, 0.05) is 0 Å². The Labute approximate surface area is 130 Å². The lowest BCUT2D eigenvalue weighted by Crippen LogP contribution is -2.50. The number of anilines is 1. The fourth-order valence-electron chi connectivity index (χ4n) is 2.76. The summed E-state index contributed by atoms with van der Waals surface area (Å²) >= 11 is 12.4. The van der Waals surface area contributed by atoms with Gasteiger partial charge in [0.05, 0.1) is 21.3 Å². The minimum absolute atomic E-state index is 0.0359. The topological polar surface area (TPSA) is 41.1 Å². The maximum absolute atomic E-state index is 12.7. The van der Waals surface area contributed by atoms with Crippen LogP contribution in [-0.4, -0.2) is 18.0 Å². The van der Waals surface area contributed by atoms with E-state index in [0.717, 1.165) is 37.8 Å². The van der Waals surface area contributed by atoms with Crippen LogP contribution in [-0.2, 0) is 4.79 Å². The molecule has 1 aromatic rings. The zero-order valence-corrected chi connectivity index (χ0v) is 13.4. The SMILES string of the molecule is CCCC1(C(=O)Nc2c(Cl)ccc(C)c2Cl)CCCN1. The van der Waals surface area contributed by atoms with Gasteiger partial charge in [-0.25, -0.2) is 0 Å². The van der Waals surface area contributed by atoms with Gasteiger partial charge < -0.3 is 10.6 Å². The lowest BCUT2D eigenvalue weighted by atomic mass is 9.90. The molecule has 1 saturated heterocycles. The van der Waals surface area contributed by atoms with Gasteiger partial charge in [-0.1, -0.05) is 42.6 Å². The smallest absolute Gasteiger partial charge is 0.244 e. The fraction of sp³-hybridized carbons (Fsp3) is 0.533. The molecule has 1 heterocycles.